The van der Waals surface area contributed by atoms with E-state index in [4.69, 9.17) is 0 Å². The van der Waals surface area contributed by atoms with Crippen molar-refractivity contribution in [2.75, 3.05) is 45.8 Å². The van der Waals surface area contributed by atoms with Crippen LogP contribution in [0.5, 0.6) is 0 Å². The van der Waals surface area contributed by atoms with Crippen molar-refractivity contribution in [3.8, 4) is 0 Å². The second-order valence-corrected chi connectivity index (χ2v) is 5.82. The summed E-state index contributed by atoms with van der Waals surface area (Å²) in [6, 6.07) is 0.140. The molecule has 0 bridgehead atoms. The topological polar surface area (TPSA) is 64.7 Å². The lowest BCUT2D eigenvalue weighted by Crippen LogP contribution is -2.52. The summed E-state index contributed by atoms with van der Waals surface area (Å²) in [7, 11) is 0. The number of halogens is 3. The van der Waals surface area contributed by atoms with Gasteiger partial charge in [0.2, 0.25) is 11.8 Å². The molecule has 2 N–H and O–H groups in total. The van der Waals surface area contributed by atoms with E-state index in [1.54, 1.807) is 4.90 Å². The van der Waals surface area contributed by atoms with E-state index in [2.05, 4.69) is 5.32 Å². The minimum absolute atomic E-state index is 0.0317. The summed E-state index contributed by atoms with van der Waals surface area (Å²) in [5, 5.41) is 4.74. The quantitative estimate of drug-likeness (QED) is 0.696. The van der Waals surface area contributed by atoms with Crippen LogP contribution in [-0.4, -0.2) is 79.6 Å². The molecule has 1 fully saturated rings. The Morgan fingerprint density at radius 3 is 1.96 bits per heavy atom. The highest BCUT2D eigenvalue weighted by Crippen LogP contribution is 2.12. The van der Waals surface area contributed by atoms with Crippen LogP contribution in [0, 0.1) is 0 Å². The first kappa shape index (κ1) is 19.7. The monoisotopic (exact) mass is 338 g/mol. The Labute approximate surface area is 134 Å². The summed E-state index contributed by atoms with van der Waals surface area (Å²) in [6.07, 6.45) is -3.52. The number of carbonyl (C=O) groups is 2. The first-order valence-electron chi connectivity index (χ1n) is 7.77. The number of rotatable bonds is 7. The standard InChI is InChI=1S/C14H25F3N4O2/c1-3-11(2)19-13(23)9-21-6-4-20(5-7-21)8-12(22)18-10-14(15,16)17/h11H,3-10H2,1-2H3,(H,18,22)(H,19,23). The normalized spacial score (nSPS) is 18.5. The fraction of sp³-hybridized carbons (Fsp3) is 0.857. The second-order valence-electron chi connectivity index (χ2n) is 5.82. The molecule has 0 saturated carbocycles. The average Bonchev–Trinajstić information content (AvgIpc) is 2.46. The molecule has 1 aliphatic rings. The Balaban J connectivity index is 2.22. The van der Waals surface area contributed by atoms with Crippen molar-refractivity contribution in [1.29, 1.82) is 0 Å². The van der Waals surface area contributed by atoms with Gasteiger partial charge in [-0.25, -0.2) is 0 Å². The molecule has 0 aliphatic carbocycles. The highest BCUT2D eigenvalue weighted by molar-refractivity contribution is 5.78. The van der Waals surface area contributed by atoms with Gasteiger partial charge in [0.25, 0.3) is 0 Å². The summed E-state index contributed by atoms with van der Waals surface area (Å²) in [4.78, 5) is 27.0. The van der Waals surface area contributed by atoms with Gasteiger partial charge in [-0.3, -0.25) is 19.4 Å². The van der Waals surface area contributed by atoms with E-state index < -0.39 is 18.6 Å². The molecular weight excluding hydrogens is 313 g/mol. The molecule has 0 aromatic carbocycles. The SMILES string of the molecule is CCC(C)NC(=O)CN1CCN(CC(=O)NCC(F)(F)F)CC1. The maximum absolute atomic E-state index is 12.0. The van der Waals surface area contributed by atoms with E-state index in [1.807, 2.05) is 24.1 Å². The van der Waals surface area contributed by atoms with Crippen LogP contribution < -0.4 is 10.6 Å². The van der Waals surface area contributed by atoms with Gasteiger partial charge in [0.1, 0.15) is 6.54 Å². The Morgan fingerprint density at radius 1 is 1.04 bits per heavy atom. The van der Waals surface area contributed by atoms with E-state index in [0.717, 1.165) is 6.42 Å². The van der Waals surface area contributed by atoms with Crippen LogP contribution in [0.2, 0.25) is 0 Å². The average molecular weight is 338 g/mol. The molecule has 1 unspecified atom stereocenters. The number of hydrogen-bond acceptors (Lipinski definition) is 4. The smallest absolute Gasteiger partial charge is 0.353 e. The second kappa shape index (κ2) is 9.07. The van der Waals surface area contributed by atoms with Crippen LogP contribution in [0.15, 0.2) is 0 Å². The third-order valence-corrected chi connectivity index (χ3v) is 3.71. The largest absolute Gasteiger partial charge is 0.405 e. The van der Waals surface area contributed by atoms with Gasteiger partial charge in [-0.1, -0.05) is 6.92 Å². The number of carbonyl (C=O) groups excluding carboxylic acids is 2. The van der Waals surface area contributed by atoms with Gasteiger partial charge in [-0.05, 0) is 13.3 Å². The third kappa shape index (κ3) is 8.75. The van der Waals surface area contributed by atoms with E-state index in [1.165, 1.54) is 0 Å². The Bertz CT molecular complexity index is 396. The number of piperazine rings is 1. The highest BCUT2D eigenvalue weighted by atomic mass is 19.4. The van der Waals surface area contributed by atoms with E-state index >= 15 is 0 Å². The molecule has 1 aliphatic heterocycles. The van der Waals surface area contributed by atoms with Crippen molar-refractivity contribution in [2.24, 2.45) is 0 Å². The summed E-state index contributed by atoms with van der Waals surface area (Å²) >= 11 is 0. The molecule has 6 nitrogen and oxygen atoms in total. The minimum atomic E-state index is -4.39. The number of amides is 2. The zero-order valence-electron chi connectivity index (χ0n) is 13.6. The number of hydrogen-bond donors (Lipinski definition) is 2. The summed E-state index contributed by atoms with van der Waals surface area (Å²) in [5.74, 6) is -0.666. The van der Waals surface area contributed by atoms with Gasteiger partial charge in [0, 0.05) is 32.2 Å². The third-order valence-electron chi connectivity index (χ3n) is 3.71. The molecule has 9 heteroatoms. The van der Waals surface area contributed by atoms with Crippen LogP contribution in [0.25, 0.3) is 0 Å². The molecular formula is C14H25F3N4O2. The lowest BCUT2D eigenvalue weighted by molar-refractivity contribution is -0.139. The molecule has 0 aromatic heterocycles. The van der Waals surface area contributed by atoms with Crippen molar-refractivity contribution in [3.63, 3.8) is 0 Å². The lowest BCUT2D eigenvalue weighted by atomic mass is 10.2. The molecule has 0 aromatic rings. The fourth-order valence-corrected chi connectivity index (χ4v) is 2.19. The first-order valence-corrected chi connectivity index (χ1v) is 7.77. The highest BCUT2D eigenvalue weighted by Gasteiger charge is 2.28. The lowest BCUT2D eigenvalue weighted by Gasteiger charge is -2.34. The Kier molecular flexibility index (Phi) is 7.77. The number of nitrogens with one attached hydrogen (secondary N) is 2. The van der Waals surface area contributed by atoms with Gasteiger partial charge in [0.15, 0.2) is 0 Å². The predicted octanol–water partition coefficient (Wildman–Crippen LogP) is 0.197. The maximum atomic E-state index is 12.0. The Hall–Kier alpha value is -1.35. The summed E-state index contributed by atoms with van der Waals surface area (Å²) in [5.41, 5.74) is 0. The maximum Gasteiger partial charge on any atom is 0.405 e. The van der Waals surface area contributed by atoms with Crippen LogP contribution in [0.3, 0.4) is 0 Å². The van der Waals surface area contributed by atoms with Crippen LogP contribution in [-0.2, 0) is 9.59 Å². The first-order chi connectivity index (χ1) is 10.7. The molecule has 134 valence electrons. The summed E-state index contributed by atoms with van der Waals surface area (Å²) in [6.45, 7) is 5.21. The minimum Gasteiger partial charge on any atom is -0.353 e. The van der Waals surface area contributed by atoms with Crippen molar-refractivity contribution in [2.45, 2.75) is 32.5 Å². The molecule has 23 heavy (non-hydrogen) atoms. The van der Waals surface area contributed by atoms with Crippen LogP contribution in [0.4, 0.5) is 13.2 Å². The summed E-state index contributed by atoms with van der Waals surface area (Å²) < 4.78 is 36.0. The van der Waals surface area contributed by atoms with E-state index in [0.29, 0.717) is 32.7 Å². The van der Waals surface area contributed by atoms with Gasteiger partial charge in [-0.15, -0.1) is 0 Å². The zero-order valence-corrected chi connectivity index (χ0v) is 13.6. The molecule has 1 rings (SSSR count). The Morgan fingerprint density at radius 2 is 1.52 bits per heavy atom. The van der Waals surface area contributed by atoms with Crippen molar-refractivity contribution in [1.82, 2.24) is 20.4 Å². The van der Waals surface area contributed by atoms with Gasteiger partial charge in [0.05, 0.1) is 13.1 Å². The molecule has 1 saturated heterocycles. The van der Waals surface area contributed by atoms with Gasteiger partial charge >= 0.3 is 6.18 Å². The van der Waals surface area contributed by atoms with Crippen molar-refractivity contribution in [3.05, 3.63) is 0 Å². The van der Waals surface area contributed by atoms with E-state index in [9.17, 15) is 22.8 Å². The van der Waals surface area contributed by atoms with Gasteiger partial charge < -0.3 is 10.6 Å². The van der Waals surface area contributed by atoms with E-state index in [-0.39, 0.29) is 18.5 Å². The fourth-order valence-electron chi connectivity index (χ4n) is 2.19. The molecule has 0 radical (unpaired) electrons. The zero-order chi connectivity index (χ0) is 17.5. The van der Waals surface area contributed by atoms with Crippen molar-refractivity contribution < 1.29 is 22.8 Å². The molecule has 1 atom stereocenters. The predicted molar refractivity (Wildman–Crippen MR) is 79.8 cm³/mol. The molecule has 0 spiro atoms. The van der Waals surface area contributed by atoms with Crippen LogP contribution >= 0.6 is 0 Å². The molecule has 2 amide bonds. The molecule has 1 heterocycles. The number of nitrogens with zero attached hydrogens (tertiary/aromatic N) is 2. The van der Waals surface area contributed by atoms with Crippen LogP contribution in [0.1, 0.15) is 20.3 Å². The number of alkyl halides is 3. The van der Waals surface area contributed by atoms with Gasteiger partial charge in [-0.2, -0.15) is 13.2 Å². The van der Waals surface area contributed by atoms with Crippen molar-refractivity contribution >= 4 is 11.8 Å².